The molecule has 148 valence electrons. The van der Waals surface area contributed by atoms with Crippen LogP contribution >= 0.6 is 0 Å². The van der Waals surface area contributed by atoms with Gasteiger partial charge in [-0.25, -0.2) is 16.8 Å². The Bertz CT molecular complexity index is 867. The maximum atomic E-state index is 11.2. The van der Waals surface area contributed by atoms with Crippen LogP contribution in [0.15, 0.2) is 58.3 Å². The van der Waals surface area contributed by atoms with Crippen molar-refractivity contribution in [1.82, 2.24) is 0 Å². The van der Waals surface area contributed by atoms with Crippen molar-refractivity contribution >= 4 is 32.4 Å². The largest absolute Gasteiger partial charge is 1.00 e. The van der Waals surface area contributed by atoms with Crippen molar-refractivity contribution < 1.29 is 107 Å². The molecule has 2 aromatic rings. The molecule has 14 heteroatoms. The van der Waals surface area contributed by atoms with Crippen LogP contribution in [0, 0.1) is 0 Å². The average Bonchev–Trinajstić information content (AvgIpc) is 2.44. The molecule has 28 heavy (non-hydrogen) atoms. The van der Waals surface area contributed by atoms with E-state index in [1.54, 1.807) is 0 Å². The van der Waals surface area contributed by atoms with Crippen LogP contribution in [0.4, 0.5) is 0 Å². The smallest absolute Gasteiger partial charge is 0.744 e. The molecule has 2 rings (SSSR count). The zero-order valence-electron chi connectivity index (χ0n) is 15.0. The average molecular weight is 456 g/mol. The predicted molar refractivity (Wildman–Crippen MR) is 92.2 cm³/mol. The standard InChI is InChI=1S/C14H12O6S2.2Na.4H2O/c15-21(16,17)13-7-3-1-5-11(13)9-10-12-6-2-4-8-14(12)22(18,19)20;;;;;;/h1-10H,(H,15,16,17)(H,18,19,20);;;4*1H2/q;2*+1;;;;/p-2. The van der Waals surface area contributed by atoms with Gasteiger partial charge in [0, 0.05) is 0 Å². The van der Waals surface area contributed by atoms with Gasteiger partial charge in [0.15, 0.2) is 0 Å². The zero-order chi connectivity index (χ0) is 16.4. The Morgan fingerprint density at radius 1 is 0.571 bits per heavy atom. The summed E-state index contributed by atoms with van der Waals surface area (Å²) < 4.78 is 66.9. The van der Waals surface area contributed by atoms with E-state index in [4.69, 9.17) is 0 Å². The molecule has 0 aromatic heterocycles. The van der Waals surface area contributed by atoms with E-state index in [9.17, 15) is 25.9 Å². The van der Waals surface area contributed by atoms with Gasteiger partial charge in [0.25, 0.3) is 0 Å². The molecular weight excluding hydrogens is 438 g/mol. The van der Waals surface area contributed by atoms with E-state index in [-0.39, 0.29) is 92.1 Å². The van der Waals surface area contributed by atoms with Gasteiger partial charge in [0.1, 0.15) is 20.2 Å². The van der Waals surface area contributed by atoms with Crippen molar-refractivity contribution in [2.24, 2.45) is 0 Å². The second-order valence-electron chi connectivity index (χ2n) is 4.32. The third-order valence-corrected chi connectivity index (χ3v) is 4.64. The SMILES string of the molecule is O.O.O.O.O=S(=O)([O-])c1ccccc1C=Cc1ccccc1S(=O)(=O)[O-].[Na+].[Na+]. The van der Waals surface area contributed by atoms with Gasteiger partial charge in [-0.1, -0.05) is 48.6 Å². The molecule has 0 bridgehead atoms. The Morgan fingerprint density at radius 2 is 0.821 bits per heavy atom. The molecule has 0 fully saturated rings. The fourth-order valence-electron chi connectivity index (χ4n) is 1.87. The van der Waals surface area contributed by atoms with Gasteiger partial charge < -0.3 is 31.0 Å². The van der Waals surface area contributed by atoms with Crippen molar-refractivity contribution in [1.29, 1.82) is 0 Å². The van der Waals surface area contributed by atoms with Gasteiger partial charge in [-0.05, 0) is 23.3 Å². The molecule has 10 nitrogen and oxygen atoms in total. The molecule has 0 unspecified atom stereocenters. The third kappa shape index (κ3) is 10.6. The predicted octanol–water partition coefficient (Wildman–Crippen LogP) is -7.63. The number of hydrogen-bond acceptors (Lipinski definition) is 6. The van der Waals surface area contributed by atoms with Crippen molar-refractivity contribution in [3.8, 4) is 0 Å². The summed E-state index contributed by atoms with van der Waals surface area (Å²) in [7, 11) is -9.32. The van der Waals surface area contributed by atoms with E-state index >= 15 is 0 Å². The molecule has 0 radical (unpaired) electrons. The van der Waals surface area contributed by atoms with E-state index in [0.717, 1.165) is 12.1 Å². The molecule has 0 aliphatic rings. The summed E-state index contributed by atoms with van der Waals surface area (Å²) >= 11 is 0. The van der Waals surface area contributed by atoms with Crippen molar-refractivity contribution in [2.45, 2.75) is 9.79 Å². The van der Waals surface area contributed by atoms with Crippen LogP contribution < -0.4 is 59.1 Å². The molecule has 0 aliphatic carbocycles. The van der Waals surface area contributed by atoms with E-state index in [0.29, 0.717) is 0 Å². The van der Waals surface area contributed by atoms with Crippen LogP contribution in [-0.2, 0) is 20.2 Å². The topological polar surface area (TPSA) is 240 Å². The Hall–Kier alpha value is -0.160. The zero-order valence-corrected chi connectivity index (χ0v) is 20.7. The van der Waals surface area contributed by atoms with Gasteiger partial charge in [-0.15, -0.1) is 0 Å². The molecular formula is C14H18Na2O10S2. The molecule has 0 heterocycles. The Balaban J connectivity index is -0.000000294. The summed E-state index contributed by atoms with van der Waals surface area (Å²) in [6.07, 6.45) is 2.55. The monoisotopic (exact) mass is 456 g/mol. The van der Waals surface area contributed by atoms with Gasteiger partial charge in [0.05, 0.1) is 9.79 Å². The first-order valence-electron chi connectivity index (χ1n) is 5.97. The van der Waals surface area contributed by atoms with Gasteiger partial charge >= 0.3 is 59.1 Å². The number of hydrogen-bond donors (Lipinski definition) is 0. The van der Waals surface area contributed by atoms with Crippen LogP contribution in [0.5, 0.6) is 0 Å². The van der Waals surface area contributed by atoms with Gasteiger partial charge in [-0.2, -0.15) is 0 Å². The van der Waals surface area contributed by atoms with Crippen LogP contribution in [-0.4, -0.2) is 47.8 Å². The molecule has 8 N–H and O–H groups in total. The number of rotatable bonds is 4. The molecule has 0 saturated carbocycles. The minimum absolute atomic E-state index is 0. The van der Waals surface area contributed by atoms with E-state index in [1.165, 1.54) is 48.6 Å². The fourth-order valence-corrected chi connectivity index (χ4v) is 3.21. The minimum atomic E-state index is -4.66. The first-order chi connectivity index (χ1) is 10.2. The maximum absolute atomic E-state index is 11.2. The first kappa shape index (κ1) is 38.4. The van der Waals surface area contributed by atoms with Gasteiger partial charge in [0.2, 0.25) is 0 Å². The van der Waals surface area contributed by atoms with Crippen molar-refractivity contribution in [2.75, 3.05) is 0 Å². The summed E-state index contributed by atoms with van der Waals surface area (Å²) in [5.41, 5.74) is 0.214. The number of benzene rings is 2. The molecule has 2 aromatic carbocycles. The molecule has 0 saturated heterocycles. The first-order valence-corrected chi connectivity index (χ1v) is 8.79. The molecule has 0 atom stereocenters. The second kappa shape index (κ2) is 15.6. The fraction of sp³-hybridized carbons (Fsp3) is 0. The molecule has 0 spiro atoms. The van der Waals surface area contributed by atoms with Crippen molar-refractivity contribution in [3.63, 3.8) is 0 Å². The minimum Gasteiger partial charge on any atom is -0.744 e. The van der Waals surface area contributed by atoms with E-state index in [1.807, 2.05) is 0 Å². The van der Waals surface area contributed by atoms with E-state index in [2.05, 4.69) is 0 Å². The van der Waals surface area contributed by atoms with E-state index < -0.39 is 30.0 Å². The Morgan fingerprint density at radius 3 is 1.07 bits per heavy atom. The second-order valence-corrected chi connectivity index (χ2v) is 7.01. The van der Waals surface area contributed by atoms with Crippen molar-refractivity contribution in [3.05, 3.63) is 59.7 Å². The third-order valence-electron chi connectivity index (χ3n) is 2.82. The molecule has 0 aliphatic heterocycles. The normalized spacial score (nSPS) is 9.93. The summed E-state index contributed by atoms with van der Waals surface area (Å²) in [4.78, 5) is -0.845. The van der Waals surface area contributed by atoms with Crippen LogP contribution in [0.3, 0.4) is 0 Å². The van der Waals surface area contributed by atoms with Crippen LogP contribution in [0.25, 0.3) is 12.2 Å². The quantitative estimate of drug-likeness (QED) is 0.245. The summed E-state index contributed by atoms with van der Waals surface area (Å²) in [6, 6.07) is 11.0. The Kier molecular flexibility index (Phi) is 21.5. The summed E-state index contributed by atoms with van der Waals surface area (Å²) in [6.45, 7) is 0. The maximum Gasteiger partial charge on any atom is 1.00 e. The van der Waals surface area contributed by atoms with Crippen LogP contribution in [0.2, 0.25) is 0 Å². The summed E-state index contributed by atoms with van der Waals surface area (Å²) in [5, 5.41) is 0. The van der Waals surface area contributed by atoms with Gasteiger partial charge in [-0.3, -0.25) is 0 Å². The Labute approximate surface area is 207 Å². The molecule has 0 amide bonds. The summed E-state index contributed by atoms with van der Waals surface area (Å²) in [5.74, 6) is 0. The van der Waals surface area contributed by atoms with Crippen LogP contribution in [0.1, 0.15) is 11.1 Å².